The van der Waals surface area contributed by atoms with Crippen LogP contribution in [0, 0.1) is 0 Å². The maximum Gasteiger partial charge on any atom is 0.241 e. The van der Waals surface area contributed by atoms with Gasteiger partial charge in [0.15, 0.2) is 0 Å². The number of hydrogen-bond acceptors (Lipinski definition) is 3. The number of nitrogens with zero attached hydrogens (tertiary/aromatic N) is 2. The fourth-order valence-corrected chi connectivity index (χ4v) is 2.41. The monoisotopic (exact) mass is 248 g/mol. The average Bonchev–Trinajstić information content (AvgIpc) is 2.63. The molecule has 1 N–H and O–H groups in total. The second-order valence-corrected chi connectivity index (χ2v) is 5.33. The van der Waals surface area contributed by atoms with Crippen LogP contribution in [0.5, 0.6) is 0 Å². The van der Waals surface area contributed by atoms with Gasteiger partial charge >= 0.3 is 0 Å². The van der Waals surface area contributed by atoms with Crippen LogP contribution in [-0.4, -0.2) is 48.7 Å². The number of carbonyl (C=O) groups is 1. The van der Waals surface area contributed by atoms with Gasteiger partial charge in [-0.3, -0.25) is 4.79 Å². The van der Waals surface area contributed by atoms with Crippen LogP contribution < -0.4 is 4.90 Å². The Kier molecular flexibility index (Phi) is 3.30. The number of aliphatic hydroxyl groups is 1. The Morgan fingerprint density at radius 2 is 2.11 bits per heavy atom. The van der Waals surface area contributed by atoms with Crippen LogP contribution in [0.4, 0.5) is 5.69 Å². The lowest BCUT2D eigenvalue weighted by atomic mass is 9.98. The standard InChI is InChI=1S/C14H20N2O2/c1-14(10-17)8-11-6-4-5-7-12(11)16(14)9-13(18)15(2)3/h4-7,17H,8-10H2,1-3H3. The van der Waals surface area contributed by atoms with Crippen molar-refractivity contribution in [3.63, 3.8) is 0 Å². The number of benzene rings is 1. The molecule has 1 aliphatic heterocycles. The van der Waals surface area contributed by atoms with Gasteiger partial charge in [0, 0.05) is 19.8 Å². The number of hydrogen-bond donors (Lipinski definition) is 1. The Morgan fingerprint density at radius 1 is 1.44 bits per heavy atom. The summed E-state index contributed by atoms with van der Waals surface area (Å²) in [7, 11) is 3.50. The number of likely N-dealkylation sites (N-methyl/N-ethyl adjacent to an activating group) is 1. The van der Waals surface area contributed by atoms with Crippen LogP contribution in [0.3, 0.4) is 0 Å². The first kappa shape index (κ1) is 12.9. The molecule has 0 aromatic heterocycles. The van der Waals surface area contributed by atoms with Gasteiger partial charge in [0.1, 0.15) is 0 Å². The van der Waals surface area contributed by atoms with E-state index < -0.39 is 0 Å². The third-order valence-electron chi connectivity index (χ3n) is 3.64. The Hall–Kier alpha value is -1.55. The lowest BCUT2D eigenvalue weighted by Crippen LogP contribution is -2.51. The molecule has 1 atom stereocenters. The highest BCUT2D eigenvalue weighted by Crippen LogP contribution is 2.38. The molecule has 0 bridgehead atoms. The van der Waals surface area contributed by atoms with Crippen molar-refractivity contribution in [3.05, 3.63) is 29.8 Å². The van der Waals surface area contributed by atoms with Crippen molar-refractivity contribution in [1.82, 2.24) is 4.90 Å². The molecule has 0 fully saturated rings. The highest BCUT2D eigenvalue weighted by atomic mass is 16.3. The van der Waals surface area contributed by atoms with Gasteiger partial charge in [-0.05, 0) is 25.0 Å². The van der Waals surface area contributed by atoms with Crippen molar-refractivity contribution in [3.8, 4) is 0 Å². The molecule has 4 heteroatoms. The van der Waals surface area contributed by atoms with Gasteiger partial charge in [-0.1, -0.05) is 18.2 Å². The molecule has 1 aliphatic rings. The summed E-state index contributed by atoms with van der Waals surface area (Å²) in [5.74, 6) is 0.0476. The van der Waals surface area contributed by atoms with Gasteiger partial charge < -0.3 is 14.9 Å². The molecule has 0 saturated heterocycles. The zero-order chi connectivity index (χ0) is 13.3. The Bertz CT molecular complexity index is 459. The van der Waals surface area contributed by atoms with Crippen molar-refractivity contribution in [2.45, 2.75) is 18.9 Å². The summed E-state index contributed by atoms with van der Waals surface area (Å²) in [6, 6.07) is 8.03. The number of anilines is 1. The third kappa shape index (κ3) is 2.08. The van der Waals surface area contributed by atoms with Crippen LogP contribution in [0.15, 0.2) is 24.3 Å². The van der Waals surface area contributed by atoms with E-state index in [1.165, 1.54) is 5.56 Å². The van der Waals surface area contributed by atoms with Crippen molar-refractivity contribution in [2.24, 2.45) is 0 Å². The van der Waals surface area contributed by atoms with Gasteiger partial charge in [-0.25, -0.2) is 0 Å². The molecule has 1 heterocycles. The van der Waals surface area contributed by atoms with Crippen molar-refractivity contribution in [1.29, 1.82) is 0 Å². The minimum Gasteiger partial charge on any atom is -0.394 e. The van der Waals surface area contributed by atoms with Crippen LogP contribution >= 0.6 is 0 Å². The van der Waals surface area contributed by atoms with Gasteiger partial charge in [0.25, 0.3) is 0 Å². The first-order chi connectivity index (χ1) is 8.48. The molecule has 0 saturated carbocycles. The van der Waals surface area contributed by atoms with Crippen molar-refractivity contribution in [2.75, 3.05) is 32.1 Å². The molecule has 1 aromatic carbocycles. The maximum absolute atomic E-state index is 11.9. The topological polar surface area (TPSA) is 43.8 Å². The van der Waals surface area contributed by atoms with Gasteiger partial charge in [0.05, 0.1) is 18.7 Å². The van der Waals surface area contributed by atoms with Crippen molar-refractivity contribution >= 4 is 11.6 Å². The maximum atomic E-state index is 11.9. The fraction of sp³-hybridized carbons (Fsp3) is 0.500. The quantitative estimate of drug-likeness (QED) is 0.864. The second kappa shape index (κ2) is 4.61. The predicted octanol–water partition coefficient (Wildman–Crippen LogP) is 0.888. The Morgan fingerprint density at radius 3 is 2.72 bits per heavy atom. The van der Waals surface area contributed by atoms with Crippen LogP contribution in [0.25, 0.3) is 0 Å². The van der Waals surface area contributed by atoms with E-state index in [0.29, 0.717) is 6.54 Å². The summed E-state index contributed by atoms with van der Waals surface area (Å²) in [6.07, 6.45) is 0.778. The molecule has 1 amide bonds. The molecule has 1 unspecified atom stereocenters. The van der Waals surface area contributed by atoms with E-state index in [0.717, 1.165) is 12.1 Å². The van der Waals surface area contributed by atoms with E-state index in [9.17, 15) is 9.90 Å². The number of para-hydroxylation sites is 1. The van der Waals surface area contributed by atoms with Gasteiger partial charge in [-0.15, -0.1) is 0 Å². The number of aliphatic hydroxyl groups excluding tert-OH is 1. The second-order valence-electron chi connectivity index (χ2n) is 5.33. The SMILES string of the molecule is CN(C)C(=O)CN1c2ccccc2CC1(C)CO. The Balaban J connectivity index is 2.32. The number of rotatable bonds is 3. The van der Waals surface area contributed by atoms with Crippen LogP contribution in [0.2, 0.25) is 0 Å². The molecule has 0 radical (unpaired) electrons. The van der Waals surface area contributed by atoms with E-state index in [-0.39, 0.29) is 18.1 Å². The summed E-state index contributed by atoms with van der Waals surface area (Å²) in [6.45, 7) is 2.35. The summed E-state index contributed by atoms with van der Waals surface area (Å²) in [5.41, 5.74) is 1.87. The molecular formula is C14H20N2O2. The summed E-state index contributed by atoms with van der Waals surface area (Å²) in [5, 5.41) is 9.65. The smallest absolute Gasteiger partial charge is 0.241 e. The minimum absolute atomic E-state index is 0.0440. The largest absolute Gasteiger partial charge is 0.394 e. The normalized spacial score (nSPS) is 21.9. The predicted molar refractivity (Wildman–Crippen MR) is 71.7 cm³/mol. The molecule has 1 aromatic rings. The number of fused-ring (bicyclic) bond motifs is 1. The van der Waals surface area contributed by atoms with Crippen molar-refractivity contribution < 1.29 is 9.90 Å². The molecule has 2 rings (SSSR count). The zero-order valence-corrected chi connectivity index (χ0v) is 11.2. The van der Waals surface area contributed by atoms with E-state index >= 15 is 0 Å². The summed E-state index contributed by atoms with van der Waals surface area (Å²) < 4.78 is 0. The van der Waals surface area contributed by atoms with E-state index in [1.54, 1.807) is 19.0 Å². The molecule has 4 nitrogen and oxygen atoms in total. The first-order valence-corrected chi connectivity index (χ1v) is 6.14. The fourth-order valence-electron chi connectivity index (χ4n) is 2.41. The van der Waals surface area contributed by atoms with E-state index in [1.807, 2.05) is 30.0 Å². The minimum atomic E-state index is -0.380. The zero-order valence-electron chi connectivity index (χ0n) is 11.2. The number of amides is 1. The molecular weight excluding hydrogens is 228 g/mol. The lowest BCUT2D eigenvalue weighted by Gasteiger charge is -2.36. The van der Waals surface area contributed by atoms with Gasteiger partial charge in [-0.2, -0.15) is 0 Å². The lowest BCUT2D eigenvalue weighted by molar-refractivity contribution is -0.127. The van der Waals surface area contributed by atoms with Crippen LogP contribution in [-0.2, 0) is 11.2 Å². The third-order valence-corrected chi connectivity index (χ3v) is 3.64. The first-order valence-electron chi connectivity index (χ1n) is 6.14. The molecule has 18 heavy (non-hydrogen) atoms. The molecule has 0 spiro atoms. The number of carbonyl (C=O) groups excluding carboxylic acids is 1. The molecule has 98 valence electrons. The summed E-state index contributed by atoms with van der Waals surface area (Å²) in [4.78, 5) is 15.5. The Labute approximate surface area is 108 Å². The van der Waals surface area contributed by atoms with E-state index in [4.69, 9.17) is 0 Å². The highest BCUT2D eigenvalue weighted by Gasteiger charge is 2.40. The summed E-state index contributed by atoms with van der Waals surface area (Å²) >= 11 is 0. The van der Waals surface area contributed by atoms with Crippen LogP contribution in [0.1, 0.15) is 12.5 Å². The average molecular weight is 248 g/mol. The van der Waals surface area contributed by atoms with Gasteiger partial charge in [0.2, 0.25) is 5.91 Å². The molecule has 0 aliphatic carbocycles. The highest BCUT2D eigenvalue weighted by molar-refractivity contribution is 5.82. The van der Waals surface area contributed by atoms with E-state index in [2.05, 4.69) is 6.07 Å².